The molecule has 0 bridgehead atoms. The van der Waals surface area contributed by atoms with Crippen LogP contribution in [0.5, 0.6) is 0 Å². The number of morpholine rings is 1. The maximum atomic E-state index is 11.1. The molecule has 0 unspecified atom stereocenters. The smallest absolute Gasteiger partial charge is 0.267 e. The highest BCUT2D eigenvalue weighted by molar-refractivity contribution is 5.90. The van der Waals surface area contributed by atoms with E-state index < -0.39 is 5.91 Å². The number of nitrogens with two attached hydrogens (primary N) is 1. The largest absolute Gasteiger partial charge is 0.373 e. The van der Waals surface area contributed by atoms with Gasteiger partial charge in [-0.15, -0.1) is 0 Å². The summed E-state index contributed by atoms with van der Waals surface area (Å²) in [4.78, 5) is 17.6. The Morgan fingerprint density at radius 3 is 2.72 bits per heavy atom. The van der Waals surface area contributed by atoms with Crippen molar-refractivity contribution in [1.29, 1.82) is 0 Å². The Labute approximate surface area is 107 Å². The third-order valence-corrected chi connectivity index (χ3v) is 2.94. The highest BCUT2D eigenvalue weighted by atomic mass is 16.5. The molecule has 18 heavy (non-hydrogen) atoms. The number of amides is 1. The second-order valence-corrected chi connectivity index (χ2v) is 4.83. The van der Waals surface area contributed by atoms with E-state index in [1.165, 1.54) is 0 Å². The van der Waals surface area contributed by atoms with Crippen LogP contribution in [0.2, 0.25) is 0 Å². The number of primary amides is 1. The summed E-state index contributed by atoms with van der Waals surface area (Å²) >= 11 is 0. The van der Waals surface area contributed by atoms with E-state index in [1.807, 2.05) is 12.1 Å². The standard InChI is InChI=1S/C13H19N3O2/c1-9-6-16(7-10(2)18-9)8-11-4-3-5-12(15-11)13(14)17/h3-5,9-10H,6-8H2,1-2H3,(H2,14,17)/t9-,10-/m1/s1. The Hall–Kier alpha value is -1.46. The summed E-state index contributed by atoms with van der Waals surface area (Å²) in [7, 11) is 0. The van der Waals surface area contributed by atoms with E-state index in [9.17, 15) is 4.79 Å². The fraction of sp³-hybridized carbons (Fsp3) is 0.538. The van der Waals surface area contributed by atoms with Gasteiger partial charge in [-0.3, -0.25) is 9.69 Å². The minimum Gasteiger partial charge on any atom is -0.373 e. The van der Waals surface area contributed by atoms with Crippen LogP contribution in [-0.4, -0.2) is 41.1 Å². The average molecular weight is 249 g/mol. The van der Waals surface area contributed by atoms with Crippen molar-refractivity contribution in [1.82, 2.24) is 9.88 Å². The summed E-state index contributed by atoms with van der Waals surface area (Å²) < 4.78 is 5.68. The summed E-state index contributed by atoms with van der Waals surface area (Å²) in [6.45, 7) is 6.62. The van der Waals surface area contributed by atoms with Crippen molar-refractivity contribution in [2.45, 2.75) is 32.6 Å². The van der Waals surface area contributed by atoms with E-state index in [0.29, 0.717) is 5.69 Å². The molecule has 1 aromatic rings. The third kappa shape index (κ3) is 3.27. The number of nitrogens with zero attached hydrogens (tertiary/aromatic N) is 2. The van der Waals surface area contributed by atoms with Crippen LogP contribution < -0.4 is 5.73 Å². The van der Waals surface area contributed by atoms with Crippen molar-refractivity contribution in [2.75, 3.05) is 13.1 Å². The molecule has 1 aliphatic heterocycles. The zero-order chi connectivity index (χ0) is 13.1. The summed E-state index contributed by atoms with van der Waals surface area (Å²) in [6.07, 6.45) is 0.459. The predicted octanol–water partition coefficient (Wildman–Crippen LogP) is 0.790. The number of ether oxygens (including phenoxy) is 1. The minimum absolute atomic E-state index is 0.230. The molecule has 2 atom stereocenters. The van der Waals surface area contributed by atoms with E-state index in [-0.39, 0.29) is 12.2 Å². The number of hydrogen-bond donors (Lipinski definition) is 1. The number of carbonyl (C=O) groups excluding carboxylic acids is 1. The molecule has 0 saturated carbocycles. The molecule has 1 fully saturated rings. The predicted molar refractivity (Wildman–Crippen MR) is 68.0 cm³/mol. The van der Waals surface area contributed by atoms with E-state index in [0.717, 1.165) is 25.3 Å². The molecule has 2 heterocycles. The van der Waals surface area contributed by atoms with Gasteiger partial charge in [0.2, 0.25) is 0 Å². The minimum atomic E-state index is -0.486. The first-order valence-electron chi connectivity index (χ1n) is 6.18. The van der Waals surface area contributed by atoms with Gasteiger partial charge in [-0.25, -0.2) is 4.98 Å². The first-order valence-corrected chi connectivity index (χ1v) is 6.18. The van der Waals surface area contributed by atoms with Gasteiger partial charge in [0, 0.05) is 19.6 Å². The number of aromatic nitrogens is 1. The molecule has 98 valence electrons. The highest BCUT2D eigenvalue weighted by Gasteiger charge is 2.22. The average Bonchev–Trinajstić information content (AvgIpc) is 2.27. The Morgan fingerprint density at radius 1 is 1.44 bits per heavy atom. The monoisotopic (exact) mass is 249 g/mol. The molecule has 1 saturated heterocycles. The van der Waals surface area contributed by atoms with Crippen molar-refractivity contribution >= 4 is 5.91 Å². The lowest BCUT2D eigenvalue weighted by Crippen LogP contribution is -2.45. The van der Waals surface area contributed by atoms with Gasteiger partial charge in [0.1, 0.15) is 5.69 Å². The van der Waals surface area contributed by atoms with Crippen LogP contribution in [0, 0.1) is 0 Å². The summed E-state index contributed by atoms with van der Waals surface area (Å²) in [5, 5.41) is 0. The van der Waals surface area contributed by atoms with Crippen LogP contribution in [0.4, 0.5) is 0 Å². The summed E-state index contributed by atoms with van der Waals surface area (Å²) in [5.74, 6) is -0.486. The second kappa shape index (κ2) is 5.46. The molecule has 2 rings (SSSR count). The molecule has 0 aliphatic carbocycles. The van der Waals surface area contributed by atoms with Crippen molar-refractivity contribution < 1.29 is 9.53 Å². The molecular weight excluding hydrogens is 230 g/mol. The molecule has 1 aliphatic rings. The Morgan fingerprint density at radius 2 is 2.11 bits per heavy atom. The molecule has 5 nitrogen and oxygen atoms in total. The Bertz CT molecular complexity index is 426. The molecule has 2 N–H and O–H groups in total. The van der Waals surface area contributed by atoms with Gasteiger partial charge in [0.25, 0.3) is 5.91 Å². The summed E-state index contributed by atoms with van der Waals surface area (Å²) in [6, 6.07) is 5.36. The quantitative estimate of drug-likeness (QED) is 0.860. The maximum Gasteiger partial charge on any atom is 0.267 e. The second-order valence-electron chi connectivity index (χ2n) is 4.83. The Balaban J connectivity index is 2.04. The van der Waals surface area contributed by atoms with Gasteiger partial charge in [-0.2, -0.15) is 0 Å². The van der Waals surface area contributed by atoms with Crippen LogP contribution in [-0.2, 0) is 11.3 Å². The van der Waals surface area contributed by atoms with E-state index in [1.54, 1.807) is 6.07 Å². The van der Waals surface area contributed by atoms with Gasteiger partial charge in [-0.05, 0) is 26.0 Å². The lowest BCUT2D eigenvalue weighted by atomic mass is 10.2. The fourth-order valence-corrected chi connectivity index (χ4v) is 2.35. The number of carbonyl (C=O) groups is 1. The Kier molecular flexibility index (Phi) is 3.93. The molecule has 1 aromatic heterocycles. The third-order valence-electron chi connectivity index (χ3n) is 2.94. The molecule has 0 spiro atoms. The van der Waals surface area contributed by atoms with Crippen molar-refractivity contribution in [3.63, 3.8) is 0 Å². The lowest BCUT2D eigenvalue weighted by Gasteiger charge is -2.35. The summed E-state index contributed by atoms with van der Waals surface area (Å²) in [5.41, 5.74) is 6.41. The van der Waals surface area contributed by atoms with Gasteiger partial charge in [0.05, 0.1) is 17.9 Å². The van der Waals surface area contributed by atoms with Crippen molar-refractivity contribution in [3.8, 4) is 0 Å². The van der Waals surface area contributed by atoms with Crippen LogP contribution in [0.25, 0.3) is 0 Å². The van der Waals surface area contributed by atoms with Gasteiger partial charge in [0.15, 0.2) is 0 Å². The first-order chi connectivity index (χ1) is 8.54. The fourth-order valence-electron chi connectivity index (χ4n) is 2.35. The van der Waals surface area contributed by atoms with Gasteiger partial charge >= 0.3 is 0 Å². The van der Waals surface area contributed by atoms with Crippen LogP contribution in [0.1, 0.15) is 30.0 Å². The van der Waals surface area contributed by atoms with Crippen LogP contribution in [0.15, 0.2) is 18.2 Å². The van der Waals surface area contributed by atoms with E-state index in [2.05, 4.69) is 23.7 Å². The normalized spacial score (nSPS) is 25.0. The number of hydrogen-bond acceptors (Lipinski definition) is 4. The molecule has 0 radical (unpaired) electrons. The molecular formula is C13H19N3O2. The molecule has 0 aromatic carbocycles. The zero-order valence-corrected chi connectivity index (χ0v) is 10.8. The van der Waals surface area contributed by atoms with E-state index in [4.69, 9.17) is 10.5 Å². The molecule has 5 heteroatoms. The number of rotatable bonds is 3. The lowest BCUT2D eigenvalue weighted by molar-refractivity contribution is -0.0707. The SMILES string of the molecule is C[C@@H]1CN(Cc2cccc(C(N)=O)n2)C[C@@H](C)O1. The van der Waals surface area contributed by atoms with E-state index >= 15 is 0 Å². The van der Waals surface area contributed by atoms with Crippen molar-refractivity contribution in [3.05, 3.63) is 29.6 Å². The van der Waals surface area contributed by atoms with Crippen molar-refractivity contribution in [2.24, 2.45) is 5.73 Å². The molecule has 1 amide bonds. The van der Waals surface area contributed by atoms with Crippen LogP contribution in [0.3, 0.4) is 0 Å². The van der Waals surface area contributed by atoms with Gasteiger partial charge in [-0.1, -0.05) is 6.07 Å². The maximum absolute atomic E-state index is 11.1. The van der Waals surface area contributed by atoms with Crippen LogP contribution >= 0.6 is 0 Å². The zero-order valence-electron chi connectivity index (χ0n) is 10.8. The topological polar surface area (TPSA) is 68.5 Å². The van der Waals surface area contributed by atoms with Gasteiger partial charge < -0.3 is 10.5 Å². The highest BCUT2D eigenvalue weighted by Crippen LogP contribution is 2.13. The number of pyridine rings is 1. The first kappa shape index (κ1) is 13.0.